The first-order valence-corrected chi connectivity index (χ1v) is 6.82. The van der Waals surface area contributed by atoms with Crippen LogP contribution in [0.5, 0.6) is 0 Å². The third kappa shape index (κ3) is 3.39. The molecule has 0 aliphatic carbocycles. The molecule has 0 aliphatic rings. The van der Waals surface area contributed by atoms with Crippen molar-refractivity contribution >= 4 is 11.3 Å². The van der Waals surface area contributed by atoms with Crippen molar-refractivity contribution in [2.45, 2.75) is 25.9 Å². The lowest BCUT2D eigenvalue weighted by atomic mass is 10.1. The van der Waals surface area contributed by atoms with Crippen molar-refractivity contribution in [3.8, 4) is 6.07 Å². The molecule has 2 rings (SSSR count). The zero-order chi connectivity index (χ0) is 12.8. The molecule has 0 spiro atoms. The zero-order valence-electron chi connectivity index (χ0n) is 10.3. The average Bonchev–Trinajstić information content (AvgIpc) is 2.89. The van der Waals surface area contributed by atoms with Crippen molar-refractivity contribution in [2.24, 2.45) is 0 Å². The van der Waals surface area contributed by atoms with Gasteiger partial charge in [0, 0.05) is 24.3 Å². The highest BCUT2D eigenvalue weighted by atomic mass is 32.1. The molecule has 0 saturated carbocycles. The van der Waals surface area contributed by atoms with Gasteiger partial charge in [-0.15, -0.1) is 0 Å². The van der Waals surface area contributed by atoms with Crippen molar-refractivity contribution in [3.05, 3.63) is 52.0 Å². The smallest absolute Gasteiger partial charge is 0.144 e. The van der Waals surface area contributed by atoms with Gasteiger partial charge in [-0.25, -0.2) is 4.98 Å². The maximum absolute atomic E-state index is 8.95. The van der Waals surface area contributed by atoms with Crippen molar-refractivity contribution < 1.29 is 0 Å². The predicted molar refractivity (Wildman–Crippen MR) is 73.3 cm³/mol. The molecule has 4 heteroatoms. The molecule has 0 aromatic carbocycles. The van der Waals surface area contributed by atoms with Crippen LogP contribution < -0.4 is 5.32 Å². The van der Waals surface area contributed by atoms with Gasteiger partial charge in [-0.2, -0.15) is 16.6 Å². The number of pyridine rings is 1. The van der Waals surface area contributed by atoms with Gasteiger partial charge >= 0.3 is 0 Å². The minimum Gasteiger partial charge on any atom is -0.310 e. The Labute approximate surface area is 111 Å². The number of nitrogens with zero attached hydrogens (tertiary/aromatic N) is 2. The Hall–Kier alpha value is -1.70. The number of nitriles is 1. The number of nitrogens with one attached hydrogen (secondary N) is 1. The Morgan fingerprint density at radius 2 is 2.39 bits per heavy atom. The molecule has 2 heterocycles. The Morgan fingerprint density at radius 3 is 3.11 bits per heavy atom. The van der Waals surface area contributed by atoms with E-state index in [0.717, 1.165) is 12.0 Å². The van der Waals surface area contributed by atoms with Crippen LogP contribution in [0, 0.1) is 11.3 Å². The van der Waals surface area contributed by atoms with Gasteiger partial charge in [0.15, 0.2) is 0 Å². The second-order valence-electron chi connectivity index (χ2n) is 4.24. The second kappa shape index (κ2) is 6.29. The molecule has 92 valence electrons. The van der Waals surface area contributed by atoms with Gasteiger partial charge in [0.25, 0.3) is 0 Å². The van der Waals surface area contributed by atoms with Crippen LogP contribution in [0.2, 0.25) is 0 Å². The quantitative estimate of drug-likeness (QED) is 0.896. The standard InChI is InChI=1S/C14H15N3S/c1-11(7-12-4-6-18-10-12)17-9-13-3-2-5-16-14(13)8-15/h2-6,10-11,17H,7,9H2,1H3. The summed E-state index contributed by atoms with van der Waals surface area (Å²) in [5.41, 5.74) is 2.82. The predicted octanol–water partition coefficient (Wildman–Crippen LogP) is 2.74. The summed E-state index contributed by atoms with van der Waals surface area (Å²) >= 11 is 1.72. The van der Waals surface area contributed by atoms with E-state index >= 15 is 0 Å². The summed E-state index contributed by atoms with van der Waals surface area (Å²) in [5.74, 6) is 0. The van der Waals surface area contributed by atoms with E-state index < -0.39 is 0 Å². The molecule has 0 fully saturated rings. The van der Waals surface area contributed by atoms with Gasteiger partial charge in [-0.1, -0.05) is 6.07 Å². The lowest BCUT2D eigenvalue weighted by Gasteiger charge is -2.13. The largest absolute Gasteiger partial charge is 0.310 e. The first-order chi connectivity index (χ1) is 8.79. The summed E-state index contributed by atoms with van der Waals surface area (Å²) in [7, 11) is 0. The summed E-state index contributed by atoms with van der Waals surface area (Å²) in [6.45, 7) is 2.84. The van der Waals surface area contributed by atoms with Gasteiger partial charge in [-0.3, -0.25) is 0 Å². The molecule has 18 heavy (non-hydrogen) atoms. The van der Waals surface area contributed by atoms with Crippen LogP contribution in [-0.4, -0.2) is 11.0 Å². The van der Waals surface area contributed by atoms with E-state index in [1.807, 2.05) is 12.1 Å². The van der Waals surface area contributed by atoms with Crippen molar-refractivity contribution in [1.29, 1.82) is 5.26 Å². The molecule has 0 amide bonds. The van der Waals surface area contributed by atoms with E-state index in [0.29, 0.717) is 18.3 Å². The molecular weight excluding hydrogens is 242 g/mol. The number of thiophene rings is 1. The molecule has 0 radical (unpaired) electrons. The fourth-order valence-electron chi connectivity index (χ4n) is 1.80. The van der Waals surface area contributed by atoms with E-state index in [1.54, 1.807) is 17.5 Å². The van der Waals surface area contributed by atoms with Gasteiger partial charge in [-0.05, 0) is 41.8 Å². The Morgan fingerprint density at radius 1 is 1.50 bits per heavy atom. The SMILES string of the molecule is CC(Cc1ccsc1)NCc1cccnc1C#N. The van der Waals surface area contributed by atoms with Crippen LogP contribution in [0.15, 0.2) is 35.2 Å². The van der Waals surface area contributed by atoms with Crippen LogP contribution in [0.1, 0.15) is 23.7 Å². The summed E-state index contributed by atoms with van der Waals surface area (Å²) in [5, 5.41) is 16.6. The highest BCUT2D eigenvalue weighted by Gasteiger charge is 2.06. The molecular formula is C14H15N3S. The van der Waals surface area contributed by atoms with Crippen LogP contribution in [-0.2, 0) is 13.0 Å². The molecule has 2 aromatic heterocycles. The Kier molecular flexibility index (Phi) is 4.46. The normalized spacial score (nSPS) is 12.0. The molecule has 0 aliphatic heterocycles. The van der Waals surface area contributed by atoms with Crippen molar-refractivity contribution in [1.82, 2.24) is 10.3 Å². The van der Waals surface area contributed by atoms with E-state index in [1.165, 1.54) is 5.56 Å². The fraction of sp³-hybridized carbons (Fsp3) is 0.286. The van der Waals surface area contributed by atoms with Crippen molar-refractivity contribution in [3.63, 3.8) is 0 Å². The van der Waals surface area contributed by atoms with Crippen LogP contribution in [0.25, 0.3) is 0 Å². The molecule has 1 unspecified atom stereocenters. The maximum atomic E-state index is 8.95. The van der Waals surface area contributed by atoms with Gasteiger partial charge in [0.1, 0.15) is 11.8 Å². The maximum Gasteiger partial charge on any atom is 0.144 e. The van der Waals surface area contributed by atoms with Crippen LogP contribution in [0.4, 0.5) is 0 Å². The second-order valence-corrected chi connectivity index (χ2v) is 5.02. The number of aromatic nitrogens is 1. The highest BCUT2D eigenvalue weighted by Crippen LogP contribution is 2.09. The topological polar surface area (TPSA) is 48.7 Å². The zero-order valence-corrected chi connectivity index (χ0v) is 11.1. The number of rotatable bonds is 5. The average molecular weight is 257 g/mol. The summed E-state index contributed by atoms with van der Waals surface area (Å²) < 4.78 is 0. The first kappa shape index (κ1) is 12.7. The Balaban J connectivity index is 1.89. The lowest BCUT2D eigenvalue weighted by Crippen LogP contribution is -2.27. The third-order valence-electron chi connectivity index (χ3n) is 2.76. The first-order valence-electron chi connectivity index (χ1n) is 5.88. The monoisotopic (exact) mass is 257 g/mol. The van der Waals surface area contributed by atoms with Crippen molar-refractivity contribution in [2.75, 3.05) is 0 Å². The van der Waals surface area contributed by atoms with Gasteiger partial charge in [0.05, 0.1) is 0 Å². The summed E-state index contributed by atoms with van der Waals surface area (Å²) in [6.07, 6.45) is 2.66. The molecule has 0 bridgehead atoms. The number of hydrogen-bond acceptors (Lipinski definition) is 4. The summed E-state index contributed by atoms with van der Waals surface area (Å²) in [4.78, 5) is 4.05. The van der Waals surface area contributed by atoms with Gasteiger partial charge < -0.3 is 5.32 Å². The van der Waals surface area contributed by atoms with E-state index in [9.17, 15) is 0 Å². The highest BCUT2D eigenvalue weighted by molar-refractivity contribution is 7.07. The van der Waals surface area contributed by atoms with E-state index in [-0.39, 0.29) is 0 Å². The van der Waals surface area contributed by atoms with Gasteiger partial charge in [0.2, 0.25) is 0 Å². The van der Waals surface area contributed by atoms with E-state index in [4.69, 9.17) is 5.26 Å². The molecule has 2 aromatic rings. The fourth-order valence-corrected chi connectivity index (χ4v) is 2.48. The Bertz CT molecular complexity index is 528. The molecule has 1 N–H and O–H groups in total. The van der Waals surface area contributed by atoms with Crippen LogP contribution >= 0.6 is 11.3 Å². The molecule has 1 atom stereocenters. The number of hydrogen-bond donors (Lipinski definition) is 1. The molecule has 3 nitrogen and oxygen atoms in total. The van der Waals surface area contributed by atoms with Crippen LogP contribution in [0.3, 0.4) is 0 Å². The minimum absolute atomic E-state index is 0.381. The molecule has 0 saturated heterocycles. The van der Waals surface area contributed by atoms with E-state index in [2.05, 4.69) is 40.1 Å². The lowest BCUT2D eigenvalue weighted by molar-refractivity contribution is 0.545. The summed E-state index contributed by atoms with van der Waals surface area (Å²) in [6, 6.07) is 8.45. The third-order valence-corrected chi connectivity index (χ3v) is 3.49. The minimum atomic E-state index is 0.381.